The fourth-order valence-electron chi connectivity index (χ4n) is 1.36. The van der Waals surface area contributed by atoms with Crippen LogP contribution >= 0.6 is 0 Å². The summed E-state index contributed by atoms with van der Waals surface area (Å²) in [6, 6.07) is 4.58. The summed E-state index contributed by atoms with van der Waals surface area (Å²) >= 11 is 0. The van der Waals surface area contributed by atoms with Crippen LogP contribution in [0.15, 0.2) is 24.3 Å². The molecule has 0 bridgehead atoms. The molecule has 0 spiro atoms. The van der Waals surface area contributed by atoms with Crippen molar-refractivity contribution in [3.63, 3.8) is 0 Å². The first-order valence-electron chi connectivity index (χ1n) is 5.57. The van der Waals surface area contributed by atoms with E-state index in [1.165, 1.54) is 24.3 Å². The Bertz CT molecular complexity index is 420. The number of aliphatic carboxylic acids is 1. The molecule has 0 heterocycles. The zero-order valence-corrected chi connectivity index (χ0v) is 10.0. The van der Waals surface area contributed by atoms with Crippen LogP contribution in [0.4, 0.5) is 14.9 Å². The minimum Gasteiger partial charge on any atom is -0.480 e. The molecule has 0 saturated heterocycles. The van der Waals surface area contributed by atoms with Gasteiger partial charge in [-0.05, 0) is 30.7 Å². The highest BCUT2D eigenvalue weighted by molar-refractivity contribution is 5.96. The minimum absolute atomic E-state index is 0.340. The number of hydrogen-bond donors (Lipinski definition) is 2. The molecule has 5 nitrogen and oxygen atoms in total. The molecule has 0 unspecified atom stereocenters. The van der Waals surface area contributed by atoms with Crippen molar-refractivity contribution in [3.8, 4) is 0 Å². The van der Waals surface area contributed by atoms with E-state index in [1.807, 2.05) is 6.92 Å². The summed E-state index contributed by atoms with van der Waals surface area (Å²) in [7, 11) is 0. The highest BCUT2D eigenvalue weighted by Crippen LogP contribution is 2.14. The molecular weight excluding hydrogens is 239 g/mol. The van der Waals surface area contributed by atoms with E-state index in [0.717, 1.165) is 11.3 Å². The quantitative estimate of drug-likeness (QED) is 0.842. The van der Waals surface area contributed by atoms with Gasteiger partial charge in [-0.25, -0.2) is 9.18 Å². The summed E-state index contributed by atoms with van der Waals surface area (Å²) in [6.07, 6.45) is 0.746. The van der Waals surface area contributed by atoms with Crippen molar-refractivity contribution in [3.05, 3.63) is 30.1 Å². The van der Waals surface area contributed by atoms with Gasteiger partial charge in [0, 0.05) is 12.2 Å². The number of hydrogen-bond acceptors (Lipinski definition) is 2. The monoisotopic (exact) mass is 254 g/mol. The number of carboxylic acids is 1. The number of urea groups is 1. The number of halogens is 1. The lowest BCUT2D eigenvalue weighted by Crippen LogP contribution is -2.43. The maximum atomic E-state index is 12.8. The molecule has 0 aliphatic rings. The number of carbonyl (C=O) groups excluding carboxylic acids is 1. The van der Waals surface area contributed by atoms with Gasteiger partial charge in [0.25, 0.3) is 0 Å². The van der Waals surface area contributed by atoms with E-state index in [4.69, 9.17) is 5.11 Å². The van der Waals surface area contributed by atoms with Crippen LogP contribution < -0.4 is 10.2 Å². The Morgan fingerprint density at radius 1 is 1.33 bits per heavy atom. The molecular formula is C12H15FN2O3. The molecule has 0 radical (unpaired) electrons. The van der Waals surface area contributed by atoms with E-state index >= 15 is 0 Å². The van der Waals surface area contributed by atoms with Gasteiger partial charge in [-0.3, -0.25) is 9.69 Å². The van der Waals surface area contributed by atoms with Crippen LogP contribution in [-0.2, 0) is 4.79 Å². The number of amides is 2. The number of rotatable bonds is 5. The number of carbonyl (C=O) groups is 2. The highest BCUT2D eigenvalue weighted by atomic mass is 19.1. The van der Waals surface area contributed by atoms with Crippen LogP contribution in [0.2, 0.25) is 0 Å². The summed E-state index contributed by atoms with van der Waals surface area (Å²) < 4.78 is 12.8. The van der Waals surface area contributed by atoms with Gasteiger partial charge < -0.3 is 10.4 Å². The topological polar surface area (TPSA) is 69.6 Å². The number of nitrogens with one attached hydrogen (secondary N) is 1. The average molecular weight is 254 g/mol. The van der Waals surface area contributed by atoms with Crippen LogP contribution in [0.25, 0.3) is 0 Å². The van der Waals surface area contributed by atoms with Gasteiger partial charge in [0.15, 0.2) is 0 Å². The van der Waals surface area contributed by atoms with E-state index in [9.17, 15) is 14.0 Å². The summed E-state index contributed by atoms with van der Waals surface area (Å²) in [5.41, 5.74) is 0.340. The molecule has 0 aliphatic heterocycles. The van der Waals surface area contributed by atoms with E-state index in [1.54, 1.807) is 0 Å². The first kappa shape index (κ1) is 14.0. The smallest absolute Gasteiger partial charge is 0.323 e. The Kier molecular flexibility index (Phi) is 5.10. The molecule has 2 N–H and O–H groups in total. The second-order valence-corrected chi connectivity index (χ2v) is 3.69. The Hall–Kier alpha value is -2.11. The van der Waals surface area contributed by atoms with Crippen molar-refractivity contribution >= 4 is 17.7 Å². The van der Waals surface area contributed by atoms with Crippen molar-refractivity contribution in [2.45, 2.75) is 13.3 Å². The predicted octanol–water partition coefficient (Wildman–Crippen LogP) is 1.84. The fraction of sp³-hybridized carbons (Fsp3) is 0.333. The molecule has 1 rings (SSSR count). The summed E-state index contributed by atoms with van der Waals surface area (Å²) in [4.78, 5) is 23.6. The number of benzene rings is 1. The maximum absolute atomic E-state index is 12.8. The van der Waals surface area contributed by atoms with Crippen LogP contribution in [-0.4, -0.2) is 30.2 Å². The summed E-state index contributed by atoms with van der Waals surface area (Å²) in [5, 5.41) is 11.4. The van der Waals surface area contributed by atoms with E-state index in [2.05, 4.69) is 5.32 Å². The molecule has 2 amide bonds. The van der Waals surface area contributed by atoms with Crippen LogP contribution in [0.5, 0.6) is 0 Å². The molecule has 18 heavy (non-hydrogen) atoms. The van der Waals surface area contributed by atoms with Crippen LogP contribution in [0.3, 0.4) is 0 Å². The standard InChI is InChI=1S/C12H15FN2O3/c1-2-7-14-12(18)15(8-11(16)17)10-5-3-9(13)4-6-10/h3-6H,2,7-8H2,1H3,(H,14,18)(H,16,17). The summed E-state index contributed by atoms with van der Waals surface area (Å²) in [5.74, 6) is -1.58. The lowest BCUT2D eigenvalue weighted by Gasteiger charge is -2.21. The molecule has 0 aliphatic carbocycles. The molecule has 98 valence electrons. The zero-order valence-electron chi connectivity index (χ0n) is 10.0. The molecule has 0 saturated carbocycles. The fourth-order valence-corrected chi connectivity index (χ4v) is 1.36. The minimum atomic E-state index is -1.13. The molecule has 1 aromatic carbocycles. The van der Waals surface area contributed by atoms with Crippen molar-refractivity contribution in [2.75, 3.05) is 18.0 Å². The average Bonchev–Trinajstić information content (AvgIpc) is 2.34. The Morgan fingerprint density at radius 2 is 1.94 bits per heavy atom. The van der Waals surface area contributed by atoms with Gasteiger partial charge in [0.1, 0.15) is 12.4 Å². The molecule has 0 fully saturated rings. The third-order valence-corrected chi connectivity index (χ3v) is 2.20. The van der Waals surface area contributed by atoms with Crippen molar-refractivity contribution < 1.29 is 19.1 Å². The molecule has 0 atom stereocenters. The van der Waals surface area contributed by atoms with Crippen LogP contribution in [0.1, 0.15) is 13.3 Å². The van der Waals surface area contributed by atoms with Gasteiger partial charge in [-0.15, -0.1) is 0 Å². The summed E-state index contributed by atoms with van der Waals surface area (Å²) in [6.45, 7) is 1.87. The van der Waals surface area contributed by atoms with Gasteiger partial charge in [-0.2, -0.15) is 0 Å². The second kappa shape index (κ2) is 6.58. The Balaban J connectivity index is 2.86. The number of nitrogens with zero attached hydrogens (tertiary/aromatic N) is 1. The lowest BCUT2D eigenvalue weighted by atomic mass is 10.3. The van der Waals surface area contributed by atoms with Gasteiger partial charge in [-0.1, -0.05) is 6.92 Å². The number of carboxylic acid groups (broad SMARTS) is 1. The Morgan fingerprint density at radius 3 is 2.44 bits per heavy atom. The van der Waals surface area contributed by atoms with E-state index in [0.29, 0.717) is 12.2 Å². The molecule has 0 aromatic heterocycles. The van der Waals surface area contributed by atoms with Crippen molar-refractivity contribution in [2.24, 2.45) is 0 Å². The lowest BCUT2D eigenvalue weighted by molar-refractivity contribution is -0.135. The molecule has 6 heteroatoms. The largest absolute Gasteiger partial charge is 0.480 e. The Labute approximate surface area is 104 Å². The van der Waals surface area contributed by atoms with Crippen LogP contribution in [0, 0.1) is 5.82 Å². The maximum Gasteiger partial charge on any atom is 0.323 e. The van der Waals surface area contributed by atoms with Crippen molar-refractivity contribution in [1.29, 1.82) is 0 Å². The van der Waals surface area contributed by atoms with E-state index in [-0.39, 0.29) is 0 Å². The second-order valence-electron chi connectivity index (χ2n) is 3.69. The zero-order chi connectivity index (χ0) is 13.5. The SMILES string of the molecule is CCCNC(=O)N(CC(=O)O)c1ccc(F)cc1. The predicted molar refractivity (Wildman–Crippen MR) is 65.1 cm³/mol. The van der Waals surface area contributed by atoms with E-state index < -0.39 is 24.4 Å². The number of anilines is 1. The normalized spacial score (nSPS) is 9.89. The van der Waals surface area contributed by atoms with Gasteiger partial charge in [0.05, 0.1) is 0 Å². The first-order chi connectivity index (χ1) is 8.54. The third kappa shape index (κ3) is 4.04. The van der Waals surface area contributed by atoms with Gasteiger partial charge in [0.2, 0.25) is 0 Å². The highest BCUT2D eigenvalue weighted by Gasteiger charge is 2.18. The third-order valence-electron chi connectivity index (χ3n) is 2.20. The first-order valence-corrected chi connectivity index (χ1v) is 5.57. The van der Waals surface area contributed by atoms with Crippen molar-refractivity contribution in [1.82, 2.24) is 5.32 Å². The molecule has 1 aromatic rings. The van der Waals surface area contributed by atoms with Gasteiger partial charge >= 0.3 is 12.0 Å².